The Bertz CT molecular complexity index is 565. The maximum atomic E-state index is 11.9. The van der Waals surface area contributed by atoms with Gasteiger partial charge in [-0.15, -0.1) is 10.2 Å². The van der Waals surface area contributed by atoms with Crippen LogP contribution in [0.5, 0.6) is 5.88 Å². The Morgan fingerprint density at radius 2 is 2.16 bits per heavy atom. The molecule has 0 bridgehead atoms. The largest absolute Gasteiger partial charge is 0.481 e. The molecule has 0 aliphatic heterocycles. The van der Waals surface area contributed by atoms with Crippen molar-refractivity contribution in [1.29, 1.82) is 0 Å². The summed E-state index contributed by atoms with van der Waals surface area (Å²) in [5, 5.41) is 12.0. The number of nitrogens with one attached hydrogen (secondary N) is 1. The lowest BCUT2D eigenvalue weighted by molar-refractivity contribution is 0.102. The summed E-state index contributed by atoms with van der Waals surface area (Å²) in [6, 6.07) is 3.28. The Balaban J connectivity index is 2.06. The van der Waals surface area contributed by atoms with E-state index in [2.05, 4.69) is 20.5 Å². The van der Waals surface area contributed by atoms with E-state index in [1.807, 2.05) is 13.8 Å². The number of pyridine rings is 1. The van der Waals surface area contributed by atoms with Gasteiger partial charge in [0.15, 0.2) is 0 Å². The summed E-state index contributed by atoms with van der Waals surface area (Å²) in [6.07, 6.45) is 1.46. The Kier molecular flexibility index (Phi) is 4.06. The number of aromatic nitrogens is 3. The SMILES string of the molecule is COc1ccc(C(=O)Nc2nnc(C(C)C)s2)cn1. The zero-order valence-electron chi connectivity index (χ0n) is 10.9. The van der Waals surface area contributed by atoms with E-state index in [1.54, 1.807) is 12.1 Å². The number of hydrogen-bond acceptors (Lipinski definition) is 6. The van der Waals surface area contributed by atoms with Crippen LogP contribution in [0.3, 0.4) is 0 Å². The number of methoxy groups -OCH3 is 1. The van der Waals surface area contributed by atoms with E-state index in [1.165, 1.54) is 24.6 Å². The zero-order valence-corrected chi connectivity index (χ0v) is 11.7. The zero-order chi connectivity index (χ0) is 13.8. The van der Waals surface area contributed by atoms with Crippen LogP contribution < -0.4 is 10.1 Å². The number of carbonyl (C=O) groups is 1. The lowest BCUT2D eigenvalue weighted by atomic mass is 10.2. The molecule has 7 heteroatoms. The Hall–Kier alpha value is -2.02. The van der Waals surface area contributed by atoms with Crippen LogP contribution in [0.1, 0.15) is 35.1 Å². The van der Waals surface area contributed by atoms with Gasteiger partial charge in [-0.05, 0) is 6.07 Å². The molecule has 0 atom stereocenters. The Morgan fingerprint density at radius 3 is 2.68 bits per heavy atom. The number of hydrogen-bond donors (Lipinski definition) is 1. The highest BCUT2D eigenvalue weighted by atomic mass is 32.1. The molecule has 2 aromatic rings. The molecule has 100 valence electrons. The fourth-order valence-electron chi connectivity index (χ4n) is 1.32. The van der Waals surface area contributed by atoms with Crippen LogP contribution in [0.15, 0.2) is 18.3 Å². The molecule has 0 saturated heterocycles. The lowest BCUT2D eigenvalue weighted by Crippen LogP contribution is -2.12. The molecule has 19 heavy (non-hydrogen) atoms. The van der Waals surface area contributed by atoms with Gasteiger partial charge in [-0.3, -0.25) is 10.1 Å². The standard InChI is InChI=1S/C12H14N4O2S/c1-7(2)11-15-16-12(19-11)14-10(17)8-4-5-9(18-3)13-6-8/h4-7H,1-3H3,(H,14,16,17). The van der Waals surface area contributed by atoms with Gasteiger partial charge in [0.1, 0.15) is 5.01 Å². The maximum Gasteiger partial charge on any atom is 0.259 e. The Labute approximate surface area is 114 Å². The minimum absolute atomic E-state index is 0.262. The van der Waals surface area contributed by atoms with Crippen LogP contribution in [-0.2, 0) is 0 Å². The summed E-state index contributed by atoms with van der Waals surface area (Å²) in [5.41, 5.74) is 0.446. The molecule has 1 amide bonds. The highest BCUT2D eigenvalue weighted by Gasteiger charge is 2.12. The smallest absolute Gasteiger partial charge is 0.259 e. The average molecular weight is 278 g/mol. The van der Waals surface area contributed by atoms with E-state index < -0.39 is 0 Å². The monoisotopic (exact) mass is 278 g/mol. The fourth-order valence-corrected chi connectivity index (χ4v) is 2.06. The molecule has 2 heterocycles. The highest BCUT2D eigenvalue weighted by Crippen LogP contribution is 2.22. The van der Waals surface area contributed by atoms with Crippen molar-refractivity contribution in [2.45, 2.75) is 19.8 Å². The number of nitrogens with zero attached hydrogens (tertiary/aromatic N) is 3. The molecule has 1 N–H and O–H groups in total. The second-order valence-corrected chi connectivity index (χ2v) is 5.15. The van der Waals surface area contributed by atoms with E-state index in [0.717, 1.165) is 5.01 Å². The molecular formula is C12H14N4O2S. The van der Waals surface area contributed by atoms with E-state index in [-0.39, 0.29) is 5.91 Å². The van der Waals surface area contributed by atoms with Gasteiger partial charge in [-0.1, -0.05) is 25.2 Å². The van der Waals surface area contributed by atoms with Crippen LogP contribution in [0.25, 0.3) is 0 Å². The van der Waals surface area contributed by atoms with Crippen LogP contribution in [0.2, 0.25) is 0 Å². The van der Waals surface area contributed by atoms with Crippen molar-refractivity contribution in [2.75, 3.05) is 12.4 Å². The molecule has 2 aromatic heterocycles. The topological polar surface area (TPSA) is 77.0 Å². The van der Waals surface area contributed by atoms with Gasteiger partial charge in [-0.25, -0.2) is 4.98 Å². The lowest BCUT2D eigenvalue weighted by Gasteiger charge is -2.02. The van der Waals surface area contributed by atoms with Gasteiger partial charge < -0.3 is 4.74 Å². The average Bonchev–Trinajstić information content (AvgIpc) is 2.87. The van der Waals surface area contributed by atoms with Gasteiger partial charge in [0.2, 0.25) is 11.0 Å². The molecule has 0 saturated carbocycles. The van der Waals surface area contributed by atoms with Crippen molar-refractivity contribution >= 4 is 22.4 Å². The van der Waals surface area contributed by atoms with Crippen molar-refractivity contribution in [1.82, 2.24) is 15.2 Å². The van der Waals surface area contributed by atoms with Crippen molar-refractivity contribution in [2.24, 2.45) is 0 Å². The highest BCUT2D eigenvalue weighted by molar-refractivity contribution is 7.15. The number of ether oxygens (including phenoxy) is 1. The number of anilines is 1. The summed E-state index contributed by atoms with van der Waals surface area (Å²) < 4.78 is 4.93. The first-order valence-corrected chi connectivity index (χ1v) is 6.56. The first-order chi connectivity index (χ1) is 9.10. The molecule has 0 aromatic carbocycles. The predicted molar refractivity (Wildman–Crippen MR) is 72.7 cm³/mol. The minimum Gasteiger partial charge on any atom is -0.481 e. The summed E-state index contributed by atoms with van der Waals surface area (Å²) in [4.78, 5) is 15.9. The summed E-state index contributed by atoms with van der Waals surface area (Å²) >= 11 is 1.37. The summed E-state index contributed by atoms with van der Waals surface area (Å²) in [7, 11) is 1.52. The van der Waals surface area contributed by atoms with Crippen molar-refractivity contribution < 1.29 is 9.53 Å². The van der Waals surface area contributed by atoms with Crippen molar-refractivity contribution in [3.63, 3.8) is 0 Å². The van der Waals surface area contributed by atoms with Crippen molar-refractivity contribution in [3.8, 4) is 5.88 Å². The molecule has 0 radical (unpaired) electrons. The third-order valence-electron chi connectivity index (χ3n) is 2.36. The number of carbonyl (C=O) groups excluding carboxylic acids is 1. The van der Waals surface area contributed by atoms with E-state index in [9.17, 15) is 4.79 Å². The van der Waals surface area contributed by atoms with Crippen LogP contribution in [-0.4, -0.2) is 28.2 Å². The van der Waals surface area contributed by atoms with Crippen LogP contribution >= 0.6 is 11.3 Å². The van der Waals surface area contributed by atoms with Gasteiger partial charge >= 0.3 is 0 Å². The predicted octanol–water partition coefficient (Wildman–Crippen LogP) is 2.32. The first-order valence-electron chi connectivity index (χ1n) is 5.75. The normalized spacial score (nSPS) is 10.5. The van der Waals surface area contributed by atoms with E-state index >= 15 is 0 Å². The molecule has 6 nitrogen and oxygen atoms in total. The third-order valence-corrected chi connectivity index (χ3v) is 3.50. The molecule has 0 unspecified atom stereocenters. The molecule has 0 aliphatic rings. The van der Waals surface area contributed by atoms with Gasteiger partial charge in [0.05, 0.1) is 12.7 Å². The molecule has 0 aliphatic carbocycles. The second-order valence-electron chi connectivity index (χ2n) is 4.14. The van der Waals surface area contributed by atoms with Gasteiger partial charge in [0.25, 0.3) is 5.91 Å². The molecule has 2 rings (SSSR count). The molecule has 0 spiro atoms. The van der Waals surface area contributed by atoms with Crippen LogP contribution in [0, 0.1) is 0 Å². The third kappa shape index (κ3) is 3.25. The Morgan fingerprint density at radius 1 is 1.37 bits per heavy atom. The van der Waals surface area contributed by atoms with Gasteiger partial charge in [-0.2, -0.15) is 0 Å². The number of amides is 1. The van der Waals surface area contributed by atoms with E-state index in [4.69, 9.17) is 4.74 Å². The van der Waals surface area contributed by atoms with Crippen molar-refractivity contribution in [3.05, 3.63) is 28.9 Å². The van der Waals surface area contributed by atoms with Gasteiger partial charge in [0, 0.05) is 18.2 Å². The quantitative estimate of drug-likeness (QED) is 0.928. The first kappa shape index (κ1) is 13.4. The fraction of sp³-hybridized carbons (Fsp3) is 0.333. The summed E-state index contributed by atoms with van der Waals surface area (Å²) in [5.74, 6) is 0.502. The second kappa shape index (κ2) is 5.75. The van der Waals surface area contributed by atoms with E-state index in [0.29, 0.717) is 22.5 Å². The molecule has 0 fully saturated rings. The van der Waals surface area contributed by atoms with Crippen LogP contribution in [0.4, 0.5) is 5.13 Å². The number of rotatable bonds is 4. The molecular weight excluding hydrogens is 264 g/mol. The summed E-state index contributed by atoms with van der Waals surface area (Å²) in [6.45, 7) is 4.05. The maximum absolute atomic E-state index is 11.9. The minimum atomic E-state index is -0.262.